The molecule has 4 aromatic rings. The first-order chi connectivity index (χ1) is 13.2. The first-order valence-electron chi connectivity index (χ1n) is 8.25. The molecule has 0 saturated carbocycles. The third-order valence-electron chi connectivity index (χ3n) is 4.49. The summed E-state index contributed by atoms with van der Waals surface area (Å²) < 4.78 is 0. The van der Waals surface area contributed by atoms with Gasteiger partial charge in [-0.05, 0) is 36.4 Å². The van der Waals surface area contributed by atoms with Crippen LogP contribution in [0.15, 0.2) is 55.0 Å². The van der Waals surface area contributed by atoms with Crippen LogP contribution in [0.2, 0.25) is 0 Å². The molecule has 1 aliphatic rings. The van der Waals surface area contributed by atoms with E-state index in [1.165, 1.54) is 6.07 Å². The van der Waals surface area contributed by atoms with Crippen molar-refractivity contribution in [2.75, 3.05) is 5.32 Å². The van der Waals surface area contributed by atoms with E-state index >= 15 is 0 Å². The quantitative estimate of drug-likeness (QED) is 0.423. The molecule has 4 heterocycles. The summed E-state index contributed by atoms with van der Waals surface area (Å²) in [5, 5.41) is 22.4. The highest BCUT2D eigenvalue weighted by Crippen LogP contribution is 2.43. The second kappa shape index (κ2) is 5.68. The van der Waals surface area contributed by atoms with Gasteiger partial charge in [-0.15, -0.1) is 0 Å². The number of imidazole rings is 1. The number of hydrogen-bond acceptors (Lipinski definition) is 6. The Labute approximate surface area is 154 Å². The number of H-pyrrole nitrogens is 1. The zero-order valence-corrected chi connectivity index (χ0v) is 13.9. The summed E-state index contributed by atoms with van der Waals surface area (Å²) in [4.78, 5) is 16.7. The lowest BCUT2D eigenvalue weighted by Crippen LogP contribution is -1.96. The minimum Gasteiger partial charge on any atom is -0.508 e. The maximum Gasteiger partial charge on any atom is 0.139 e. The Balaban J connectivity index is 1.81. The van der Waals surface area contributed by atoms with Gasteiger partial charge in [-0.2, -0.15) is 5.26 Å². The molecule has 0 unspecified atom stereocenters. The average molecular weight is 352 g/mol. The van der Waals surface area contributed by atoms with Gasteiger partial charge in [-0.1, -0.05) is 0 Å². The molecule has 0 saturated heterocycles. The first-order valence-corrected chi connectivity index (χ1v) is 8.25. The van der Waals surface area contributed by atoms with Crippen LogP contribution in [0.5, 0.6) is 5.75 Å². The average Bonchev–Trinajstić information content (AvgIpc) is 3.08. The van der Waals surface area contributed by atoms with E-state index in [1.54, 1.807) is 30.7 Å². The zero-order valence-electron chi connectivity index (χ0n) is 13.9. The Kier molecular flexibility index (Phi) is 3.18. The van der Waals surface area contributed by atoms with Gasteiger partial charge in [0.15, 0.2) is 0 Å². The Hall–Kier alpha value is -4.18. The van der Waals surface area contributed by atoms with E-state index in [0.29, 0.717) is 22.8 Å². The van der Waals surface area contributed by atoms with Gasteiger partial charge in [-0.3, -0.25) is 4.98 Å². The van der Waals surface area contributed by atoms with Crippen molar-refractivity contribution in [3.63, 3.8) is 0 Å². The van der Waals surface area contributed by atoms with Gasteiger partial charge in [0.05, 0.1) is 23.1 Å². The number of aromatic hydroxyl groups is 1. The summed E-state index contributed by atoms with van der Waals surface area (Å²) in [5.74, 6) is 1.28. The molecule has 27 heavy (non-hydrogen) atoms. The number of phenols is 1. The summed E-state index contributed by atoms with van der Waals surface area (Å²) >= 11 is 0. The van der Waals surface area contributed by atoms with Gasteiger partial charge >= 0.3 is 0 Å². The number of anilines is 2. The molecule has 7 nitrogen and oxygen atoms in total. The van der Waals surface area contributed by atoms with Gasteiger partial charge < -0.3 is 15.4 Å². The van der Waals surface area contributed by atoms with E-state index < -0.39 is 0 Å². The molecule has 0 amide bonds. The number of hydrogen-bond donors (Lipinski definition) is 3. The Morgan fingerprint density at radius 2 is 1.96 bits per heavy atom. The minimum atomic E-state index is 0.0404. The Morgan fingerprint density at radius 1 is 1.04 bits per heavy atom. The van der Waals surface area contributed by atoms with E-state index in [2.05, 4.69) is 26.3 Å². The zero-order chi connectivity index (χ0) is 18.4. The summed E-state index contributed by atoms with van der Waals surface area (Å²) in [6.07, 6.45) is 5.17. The number of nitrogens with zero attached hydrogens (tertiary/aromatic N) is 4. The van der Waals surface area contributed by atoms with Crippen LogP contribution in [0, 0.1) is 11.3 Å². The molecule has 7 heteroatoms. The molecule has 1 aliphatic heterocycles. The van der Waals surface area contributed by atoms with Crippen LogP contribution < -0.4 is 5.32 Å². The Bertz CT molecular complexity index is 1170. The van der Waals surface area contributed by atoms with Crippen molar-refractivity contribution in [2.24, 2.45) is 0 Å². The number of benzene rings is 1. The van der Waals surface area contributed by atoms with E-state index in [0.717, 1.165) is 28.2 Å². The van der Waals surface area contributed by atoms with Crippen molar-refractivity contribution in [3.05, 3.63) is 60.6 Å². The number of pyridine rings is 2. The van der Waals surface area contributed by atoms with E-state index in [9.17, 15) is 10.4 Å². The van der Waals surface area contributed by atoms with Crippen LogP contribution in [-0.2, 0) is 0 Å². The Morgan fingerprint density at radius 3 is 2.85 bits per heavy atom. The molecule has 3 aromatic heterocycles. The lowest BCUT2D eigenvalue weighted by atomic mass is 10.1. The molecule has 5 rings (SSSR count). The molecular weight excluding hydrogens is 340 g/mol. The highest BCUT2D eigenvalue weighted by atomic mass is 16.3. The van der Waals surface area contributed by atoms with Crippen LogP contribution in [0.4, 0.5) is 11.5 Å². The van der Waals surface area contributed by atoms with Crippen molar-refractivity contribution in [3.8, 4) is 45.7 Å². The fourth-order valence-electron chi connectivity index (χ4n) is 3.26. The SMILES string of the molecule is N#Cc1cc(O)ccc1-c1nc2c([nH]1)-c1ccncc1Nc1ncccc1-2. The van der Waals surface area contributed by atoms with Crippen LogP contribution in [0.3, 0.4) is 0 Å². The van der Waals surface area contributed by atoms with Crippen LogP contribution >= 0.6 is 0 Å². The van der Waals surface area contributed by atoms with Crippen molar-refractivity contribution < 1.29 is 5.11 Å². The standard InChI is InChI=1S/C20H12N6O/c21-9-11-8-12(27)3-4-13(11)20-25-17-14-5-7-22-10-16(14)24-19-15(18(17)26-20)2-1-6-23-19/h1-8,10,27H,(H,23,24)(H,25,26). The third-order valence-corrected chi connectivity index (χ3v) is 4.49. The summed E-state index contributed by atoms with van der Waals surface area (Å²) in [6, 6.07) is 12.5. The highest BCUT2D eigenvalue weighted by Gasteiger charge is 2.24. The predicted molar refractivity (Wildman–Crippen MR) is 100 cm³/mol. The highest BCUT2D eigenvalue weighted by molar-refractivity contribution is 5.95. The maximum absolute atomic E-state index is 9.67. The molecule has 1 aromatic carbocycles. The summed E-state index contributed by atoms with van der Waals surface area (Å²) in [5.41, 5.74) is 5.10. The molecule has 0 fully saturated rings. The van der Waals surface area contributed by atoms with Gasteiger partial charge in [0.1, 0.15) is 29.2 Å². The van der Waals surface area contributed by atoms with Gasteiger partial charge in [-0.25, -0.2) is 9.97 Å². The molecule has 0 aliphatic carbocycles. The minimum absolute atomic E-state index is 0.0404. The van der Waals surface area contributed by atoms with Crippen molar-refractivity contribution >= 4 is 11.5 Å². The van der Waals surface area contributed by atoms with Crippen LogP contribution in [0.25, 0.3) is 33.9 Å². The van der Waals surface area contributed by atoms with E-state index in [1.807, 2.05) is 18.2 Å². The van der Waals surface area contributed by atoms with Crippen LogP contribution in [0.1, 0.15) is 5.56 Å². The van der Waals surface area contributed by atoms with Crippen molar-refractivity contribution in [1.29, 1.82) is 5.26 Å². The molecule has 0 bridgehead atoms. The van der Waals surface area contributed by atoms with Gasteiger partial charge in [0.25, 0.3) is 0 Å². The molecule has 3 N–H and O–H groups in total. The normalized spacial score (nSPS) is 11.4. The number of fused-ring (bicyclic) bond motifs is 5. The molecule has 0 atom stereocenters. The largest absolute Gasteiger partial charge is 0.508 e. The third kappa shape index (κ3) is 2.32. The molecule has 0 spiro atoms. The summed E-state index contributed by atoms with van der Waals surface area (Å²) in [7, 11) is 0. The van der Waals surface area contributed by atoms with Gasteiger partial charge in [0, 0.05) is 29.1 Å². The fourth-order valence-corrected chi connectivity index (χ4v) is 3.26. The smallest absolute Gasteiger partial charge is 0.139 e. The van der Waals surface area contributed by atoms with E-state index in [4.69, 9.17) is 4.98 Å². The number of rotatable bonds is 1. The second-order valence-corrected chi connectivity index (χ2v) is 6.10. The second-order valence-electron chi connectivity index (χ2n) is 6.10. The monoisotopic (exact) mass is 352 g/mol. The first kappa shape index (κ1) is 15.1. The van der Waals surface area contributed by atoms with E-state index in [-0.39, 0.29) is 5.75 Å². The van der Waals surface area contributed by atoms with Crippen molar-refractivity contribution in [1.82, 2.24) is 19.9 Å². The number of phenolic OH excluding ortho intramolecular Hbond substituents is 1. The van der Waals surface area contributed by atoms with Crippen LogP contribution in [-0.4, -0.2) is 25.0 Å². The topological polar surface area (TPSA) is 111 Å². The number of aromatic nitrogens is 4. The number of aromatic amines is 1. The molecule has 128 valence electrons. The van der Waals surface area contributed by atoms with Crippen molar-refractivity contribution in [2.45, 2.75) is 0 Å². The maximum atomic E-state index is 9.67. The lowest BCUT2D eigenvalue weighted by Gasteiger charge is -2.08. The predicted octanol–water partition coefficient (Wildman–Crippen LogP) is 3.83. The number of nitriles is 1. The molecule has 0 radical (unpaired) electrons. The summed E-state index contributed by atoms with van der Waals surface area (Å²) in [6.45, 7) is 0. The van der Waals surface area contributed by atoms with Gasteiger partial charge in [0.2, 0.25) is 0 Å². The fraction of sp³-hybridized carbons (Fsp3) is 0. The molecular formula is C20H12N6O. The lowest BCUT2D eigenvalue weighted by molar-refractivity contribution is 0.475. The number of nitrogens with one attached hydrogen (secondary N) is 2.